The Balaban J connectivity index is 2.88. The number of aliphatic carboxylic acids is 1. The van der Waals surface area contributed by atoms with Gasteiger partial charge in [0.15, 0.2) is 5.75 Å². The molecular weight excluding hydrogens is 419 g/mol. The fourth-order valence-corrected chi connectivity index (χ4v) is 3.03. The highest BCUT2D eigenvalue weighted by molar-refractivity contribution is 6.46. The summed E-state index contributed by atoms with van der Waals surface area (Å²) in [6, 6.07) is 1.14. The van der Waals surface area contributed by atoms with Crippen molar-refractivity contribution in [2.75, 3.05) is 6.61 Å². The molecule has 150 valence electrons. The third-order valence-corrected chi connectivity index (χ3v) is 4.91. The molecule has 0 aromatic heterocycles. The fourth-order valence-electron chi connectivity index (χ4n) is 2.31. The number of carboxylic acids is 1. The summed E-state index contributed by atoms with van der Waals surface area (Å²) in [5.74, 6) is -4.50. The Hall–Kier alpha value is -1.50. The number of benzene rings is 1. The molecule has 1 aromatic carbocycles. The summed E-state index contributed by atoms with van der Waals surface area (Å²) in [4.78, 5) is 34.5. The lowest BCUT2D eigenvalue weighted by Gasteiger charge is -2.15. The molecule has 0 saturated carbocycles. The van der Waals surface area contributed by atoms with E-state index in [0.717, 1.165) is 31.7 Å². The van der Waals surface area contributed by atoms with Crippen LogP contribution < -0.4 is 4.74 Å². The standard InChI is InChI=1S/C18H21Cl3O6/c1-3-4-5-6-10(2)7-8-26-17(24)13-14(21)11(19)9-12(20)15(13)27-18(25)16(22)23/h9-10H,3-8H2,1-2H3,(H,22,23). The predicted octanol–water partition coefficient (Wildman–Crippen LogP) is 5.40. The second kappa shape index (κ2) is 11.4. The molecule has 27 heavy (non-hydrogen) atoms. The summed E-state index contributed by atoms with van der Waals surface area (Å²) in [6.45, 7) is 4.31. The maximum atomic E-state index is 12.4. The number of hydrogen-bond acceptors (Lipinski definition) is 5. The highest BCUT2D eigenvalue weighted by Gasteiger charge is 2.27. The highest BCUT2D eigenvalue weighted by Crippen LogP contribution is 2.39. The Morgan fingerprint density at radius 3 is 2.37 bits per heavy atom. The number of unbranched alkanes of at least 4 members (excludes halogenated alkanes) is 2. The molecule has 0 aliphatic carbocycles. The normalized spacial score (nSPS) is 11.7. The molecule has 1 unspecified atom stereocenters. The average molecular weight is 440 g/mol. The number of hydrogen-bond donors (Lipinski definition) is 1. The zero-order valence-corrected chi connectivity index (χ0v) is 17.3. The van der Waals surface area contributed by atoms with Gasteiger partial charge in [0.25, 0.3) is 0 Å². The van der Waals surface area contributed by atoms with Gasteiger partial charge >= 0.3 is 17.9 Å². The molecule has 0 saturated heterocycles. The third kappa shape index (κ3) is 7.20. The molecule has 0 spiro atoms. The van der Waals surface area contributed by atoms with E-state index in [-0.39, 0.29) is 27.2 Å². The molecule has 0 aliphatic heterocycles. The van der Waals surface area contributed by atoms with Crippen LogP contribution in [-0.4, -0.2) is 29.6 Å². The lowest BCUT2D eigenvalue weighted by Crippen LogP contribution is -2.21. The number of ether oxygens (including phenoxy) is 2. The number of halogens is 3. The van der Waals surface area contributed by atoms with Crippen molar-refractivity contribution in [2.24, 2.45) is 5.92 Å². The number of carbonyl (C=O) groups is 3. The van der Waals surface area contributed by atoms with Crippen molar-refractivity contribution in [3.05, 3.63) is 26.7 Å². The van der Waals surface area contributed by atoms with Crippen LogP contribution in [0.5, 0.6) is 5.75 Å². The van der Waals surface area contributed by atoms with E-state index in [1.54, 1.807) is 0 Å². The number of rotatable bonds is 9. The second-order valence-electron chi connectivity index (χ2n) is 6.08. The van der Waals surface area contributed by atoms with Gasteiger partial charge in [-0.2, -0.15) is 0 Å². The second-order valence-corrected chi connectivity index (χ2v) is 7.27. The minimum Gasteiger partial charge on any atom is -0.473 e. The van der Waals surface area contributed by atoms with Crippen LogP contribution in [-0.2, 0) is 14.3 Å². The minimum absolute atomic E-state index is 0.0586. The largest absolute Gasteiger partial charge is 0.473 e. The van der Waals surface area contributed by atoms with E-state index in [9.17, 15) is 14.4 Å². The van der Waals surface area contributed by atoms with Gasteiger partial charge in [-0.25, -0.2) is 14.4 Å². The van der Waals surface area contributed by atoms with E-state index >= 15 is 0 Å². The number of carbonyl (C=O) groups excluding carboxylic acids is 2. The fraction of sp³-hybridized carbons (Fsp3) is 0.500. The molecule has 1 N–H and O–H groups in total. The van der Waals surface area contributed by atoms with Gasteiger partial charge < -0.3 is 14.6 Å². The van der Waals surface area contributed by atoms with Crippen molar-refractivity contribution in [1.29, 1.82) is 0 Å². The first-order chi connectivity index (χ1) is 12.7. The SMILES string of the molecule is CCCCCC(C)CCOC(=O)c1c(Cl)c(Cl)cc(Cl)c1OC(=O)C(=O)O. The smallest absolute Gasteiger partial charge is 0.422 e. The van der Waals surface area contributed by atoms with Crippen LogP contribution in [0, 0.1) is 5.92 Å². The van der Waals surface area contributed by atoms with Crippen molar-refractivity contribution in [1.82, 2.24) is 0 Å². The summed E-state index contributed by atoms with van der Waals surface area (Å²) >= 11 is 17.9. The number of esters is 2. The molecular formula is C18H21Cl3O6. The summed E-state index contributed by atoms with van der Waals surface area (Å²) in [6.07, 6.45) is 5.06. The van der Waals surface area contributed by atoms with E-state index in [1.165, 1.54) is 0 Å². The molecule has 0 fully saturated rings. The van der Waals surface area contributed by atoms with Crippen molar-refractivity contribution in [2.45, 2.75) is 46.0 Å². The molecule has 0 aliphatic rings. The van der Waals surface area contributed by atoms with E-state index in [1.807, 2.05) is 0 Å². The molecule has 1 atom stereocenters. The third-order valence-electron chi connectivity index (χ3n) is 3.84. The van der Waals surface area contributed by atoms with Gasteiger partial charge in [-0.15, -0.1) is 0 Å². The molecule has 0 heterocycles. The Morgan fingerprint density at radius 2 is 1.78 bits per heavy atom. The Labute approximate surface area is 172 Å². The minimum atomic E-state index is -1.85. The topological polar surface area (TPSA) is 89.9 Å². The van der Waals surface area contributed by atoms with Crippen molar-refractivity contribution in [3.8, 4) is 5.75 Å². The summed E-state index contributed by atoms with van der Waals surface area (Å²) in [5, 5.41) is 8.15. The van der Waals surface area contributed by atoms with E-state index < -0.39 is 23.7 Å². The maximum absolute atomic E-state index is 12.4. The van der Waals surface area contributed by atoms with E-state index in [2.05, 4.69) is 18.6 Å². The van der Waals surface area contributed by atoms with Crippen molar-refractivity contribution in [3.63, 3.8) is 0 Å². The van der Waals surface area contributed by atoms with Crippen molar-refractivity contribution >= 4 is 52.7 Å². The molecule has 6 nitrogen and oxygen atoms in total. The van der Waals surface area contributed by atoms with Crippen LogP contribution in [0.1, 0.15) is 56.3 Å². The monoisotopic (exact) mass is 438 g/mol. The lowest BCUT2D eigenvalue weighted by molar-refractivity contribution is -0.158. The number of carboxylic acid groups (broad SMARTS) is 1. The Kier molecular flexibility index (Phi) is 9.91. The summed E-state index contributed by atoms with van der Waals surface area (Å²) < 4.78 is 9.87. The first-order valence-corrected chi connectivity index (χ1v) is 9.62. The quantitative estimate of drug-likeness (QED) is 0.182. The Bertz CT molecular complexity index is 705. The van der Waals surface area contributed by atoms with Crippen LogP contribution in [0.25, 0.3) is 0 Å². The molecule has 0 bridgehead atoms. The molecule has 1 rings (SSSR count). The molecule has 0 amide bonds. The van der Waals surface area contributed by atoms with Crippen molar-refractivity contribution < 1.29 is 29.0 Å². The average Bonchev–Trinajstić information content (AvgIpc) is 2.59. The zero-order valence-electron chi connectivity index (χ0n) is 15.0. The van der Waals surface area contributed by atoms with Gasteiger partial charge in [-0.05, 0) is 18.4 Å². The van der Waals surface area contributed by atoms with E-state index in [0.29, 0.717) is 12.3 Å². The summed E-state index contributed by atoms with van der Waals surface area (Å²) in [5.41, 5.74) is -0.387. The first-order valence-electron chi connectivity index (χ1n) is 8.48. The molecule has 1 aromatic rings. The highest BCUT2D eigenvalue weighted by atomic mass is 35.5. The predicted molar refractivity (Wildman–Crippen MR) is 103 cm³/mol. The van der Waals surface area contributed by atoms with Crippen LogP contribution in [0.15, 0.2) is 6.07 Å². The summed E-state index contributed by atoms with van der Waals surface area (Å²) in [7, 11) is 0. The first kappa shape index (κ1) is 23.5. The maximum Gasteiger partial charge on any atom is 0.422 e. The molecule has 9 heteroatoms. The van der Waals surface area contributed by atoms with Gasteiger partial charge in [-0.1, -0.05) is 74.3 Å². The van der Waals surface area contributed by atoms with Crippen LogP contribution >= 0.6 is 34.8 Å². The van der Waals surface area contributed by atoms with E-state index in [4.69, 9.17) is 44.6 Å². The van der Waals surface area contributed by atoms with Crippen LogP contribution in [0.2, 0.25) is 15.1 Å². The van der Waals surface area contributed by atoms with Gasteiger partial charge in [0, 0.05) is 0 Å². The van der Waals surface area contributed by atoms with Crippen LogP contribution in [0.3, 0.4) is 0 Å². The van der Waals surface area contributed by atoms with Gasteiger partial charge in [-0.3, -0.25) is 0 Å². The Morgan fingerprint density at radius 1 is 1.11 bits per heavy atom. The lowest BCUT2D eigenvalue weighted by atomic mass is 10.0. The molecule has 0 radical (unpaired) electrons. The zero-order chi connectivity index (χ0) is 20.6. The van der Waals surface area contributed by atoms with Gasteiger partial charge in [0.2, 0.25) is 0 Å². The van der Waals surface area contributed by atoms with Crippen LogP contribution in [0.4, 0.5) is 0 Å². The van der Waals surface area contributed by atoms with Gasteiger partial charge in [0.1, 0.15) is 5.56 Å². The van der Waals surface area contributed by atoms with Gasteiger partial charge in [0.05, 0.1) is 21.7 Å².